The van der Waals surface area contributed by atoms with Crippen molar-refractivity contribution < 1.29 is 4.74 Å². The Labute approximate surface area is 93.8 Å². The molecule has 0 aliphatic carbocycles. The Kier molecular flexibility index (Phi) is 7.43. The summed E-state index contributed by atoms with van der Waals surface area (Å²) in [5.41, 5.74) is 2.46. The molecule has 0 N–H and O–H groups in total. The Bertz CT molecular complexity index is 280. The fourth-order valence-corrected chi connectivity index (χ4v) is 1.28. The van der Waals surface area contributed by atoms with Crippen LogP contribution in [0.4, 0.5) is 0 Å². The van der Waals surface area contributed by atoms with Gasteiger partial charge >= 0.3 is 0 Å². The zero-order valence-corrected chi connectivity index (χ0v) is 10.3. The average Bonchev–Trinajstić information content (AvgIpc) is 2.32. The Morgan fingerprint density at radius 3 is 2.60 bits per heavy atom. The van der Waals surface area contributed by atoms with E-state index in [9.17, 15) is 0 Å². The molecule has 0 spiro atoms. The average molecular weight is 206 g/mol. The van der Waals surface area contributed by atoms with Gasteiger partial charge in [0.1, 0.15) is 12.4 Å². The van der Waals surface area contributed by atoms with Crippen LogP contribution in [0.1, 0.15) is 34.1 Å². The summed E-state index contributed by atoms with van der Waals surface area (Å²) >= 11 is 0. The van der Waals surface area contributed by atoms with Crippen LogP contribution < -0.4 is 0 Å². The summed E-state index contributed by atoms with van der Waals surface area (Å²) in [6.07, 6.45) is 9.05. The molecule has 1 heterocycles. The first-order chi connectivity index (χ1) is 7.31. The molecule has 84 valence electrons. The van der Waals surface area contributed by atoms with Crippen molar-refractivity contribution in [3.05, 3.63) is 47.8 Å². The monoisotopic (exact) mass is 206 g/mol. The molecule has 0 aromatic carbocycles. The molecule has 0 atom stereocenters. The molecule has 1 aliphatic heterocycles. The van der Waals surface area contributed by atoms with Crippen molar-refractivity contribution in [2.24, 2.45) is 0 Å². The van der Waals surface area contributed by atoms with Crippen LogP contribution in [-0.4, -0.2) is 6.61 Å². The Hall–Kier alpha value is -1.24. The lowest BCUT2D eigenvalue weighted by molar-refractivity contribution is 0.243. The van der Waals surface area contributed by atoms with Crippen molar-refractivity contribution in [1.82, 2.24) is 0 Å². The molecule has 0 fully saturated rings. The minimum absolute atomic E-state index is 0.707. The van der Waals surface area contributed by atoms with E-state index in [4.69, 9.17) is 4.74 Å². The van der Waals surface area contributed by atoms with Crippen LogP contribution >= 0.6 is 0 Å². The maximum atomic E-state index is 5.54. The summed E-state index contributed by atoms with van der Waals surface area (Å²) in [4.78, 5) is 0. The van der Waals surface area contributed by atoms with Crippen molar-refractivity contribution in [3.63, 3.8) is 0 Å². The summed E-state index contributed by atoms with van der Waals surface area (Å²) in [7, 11) is 0. The van der Waals surface area contributed by atoms with Crippen LogP contribution in [0.3, 0.4) is 0 Å². The second kappa shape index (κ2) is 8.10. The molecule has 0 aromatic rings. The molecule has 0 saturated carbocycles. The Morgan fingerprint density at radius 1 is 1.47 bits per heavy atom. The van der Waals surface area contributed by atoms with Gasteiger partial charge in [0, 0.05) is 5.57 Å². The molecule has 0 amide bonds. The number of allylic oxidation sites excluding steroid dienone is 5. The third kappa shape index (κ3) is 4.20. The third-order valence-electron chi connectivity index (χ3n) is 2.04. The summed E-state index contributed by atoms with van der Waals surface area (Å²) in [6.45, 7) is 12.6. The highest BCUT2D eigenvalue weighted by molar-refractivity contribution is 5.41. The molecule has 1 heteroatoms. The molecular weight excluding hydrogens is 184 g/mol. The van der Waals surface area contributed by atoms with Crippen molar-refractivity contribution >= 4 is 0 Å². The van der Waals surface area contributed by atoms with Crippen LogP contribution in [-0.2, 0) is 4.74 Å². The minimum atomic E-state index is 0.707. The highest BCUT2D eigenvalue weighted by Gasteiger charge is 2.08. The van der Waals surface area contributed by atoms with Gasteiger partial charge in [-0.1, -0.05) is 39.5 Å². The highest BCUT2D eigenvalue weighted by atomic mass is 16.5. The van der Waals surface area contributed by atoms with Gasteiger partial charge in [-0.3, -0.25) is 0 Å². The van der Waals surface area contributed by atoms with E-state index in [1.807, 2.05) is 32.9 Å². The topological polar surface area (TPSA) is 9.23 Å². The first-order valence-electron chi connectivity index (χ1n) is 5.63. The summed E-state index contributed by atoms with van der Waals surface area (Å²) in [6, 6.07) is 0. The predicted octanol–water partition coefficient (Wildman–Crippen LogP) is 4.40. The number of hydrogen-bond acceptors (Lipinski definition) is 1. The standard InChI is InChI=1S/C12H16O.C2H6/c1-4-7-11-8-10(5-2)9-13-12(11)6-3;1-2/h4,6-8H,3,5,9H2,1-2H3;1-2H3/b7-4-;. The molecule has 0 radical (unpaired) electrons. The molecule has 1 nitrogen and oxygen atoms in total. The second-order valence-corrected chi connectivity index (χ2v) is 2.97. The van der Waals surface area contributed by atoms with Crippen molar-refractivity contribution in [2.45, 2.75) is 34.1 Å². The normalized spacial score (nSPS) is 15.3. The van der Waals surface area contributed by atoms with Crippen LogP contribution in [0.25, 0.3) is 0 Å². The molecular formula is C14H22O. The lowest BCUT2D eigenvalue weighted by Crippen LogP contribution is -2.04. The first kappa shape index (κ1) is 13.8. The maximum Gasteiger partial charge on any atom is 0.126 e. The van der Waals surface area contributed by atoms with Gasteiger partial charge in [-0.2, -0.15) is 0 Å². The molecule has 15 heavy (non-hydrogen) atoms. The van der Waals surface area contributed by atoms with E-state index in [-0.39, 0.29) is 0 Å². The third-order valence-corrected chi connectivity index (χ3v) is 2.04. The maximum absolute atomic E-state index is 5.54. The van der Waals surface area contributed by atoms with E-state index in [1.165, 1.54) is 5.57 Å². The van der Waals surface area contributed by atoms with E-state index in [2.05, 4.69) is 19.6 Å². The van der Waals surface area contributed by atoms with E-state index in [0.29, 0.717) is 6.61 Å². The van der Waals surface area contributed by atoms with Gasteiger partial charge in [-0.15, -0.1) is 0 Å². The van der Waals surface area contributed by atoms with Crippen molar-refractivity contribution in [2.75, 3.05) is 6.61 Å². The van der Waals surface area contributed by atoms with Gasteiger partial charge in [-0.05, 0) is 31.1 Å². The van der Waals surface area contributed by atoms with E-state index < -0.39 is 0 Å². The van der Waals surface area contributed by atoms with Crippen molar-refractivity contribution in [1.29, 1.82) is 0 Å². The molecule has 0 saturated heterocycles. The fourth-order valence-electron chi connectivity index (χ4n) is 1.28. The summed E-state index contributed by atoms with van der Waals surface area (Å²) in [5, 5.41) is 0. The minimum Gasteiger partial charge on any atom is -0.489 e. The molecule has 1 rings (SSSR count). The summed E-state index contributed by atoms with van der Waals surface area (Å²) < 4.78 is 5.54. The largest absolute Gasteiger partial charge is 0.489 e. The van der Waals surface area contributed by atoms with Crippen molar-refractivity contribution in [3.8, 4) is 0 Å². The second-order valence-electron chi connectivity index (χ2n) is 2.97. The van der Waals surface area contributed by atoms with Crippen LogP contribution in [0.5, 0.6) is 0 Å². The lowest BCUT2D eigenvalue weighted by Gasteiger charge is -2.16. The van der Waals surface area contributed by atoms with Gasteiger partial charge in [0.15, 0.2) is 0 Å². The SMILES string of the molecule is C=CC1=C(/C=C\C)C=C(CC)CO1.CC. The Balaban J connectivity index is 0.000000921. The van der Waals surface area contributed by atoms with Gasteiger partial charge in [0.25, 0.3) is 0 Å². The first-order valence-corrected chi connectivity index (χ1v) is 5.63. The van der Waals surface area contributed by atoms with Gasteiger partial charge in [0.2, 0.25) is 0 Å². The van der Waals surface area contributed by atoms with Gasteiger partial charge in [-0.25, -0.2) is 0 Å². The fraction of sp³-hybridized carbons (Fsp3) is 0.429. The zero-order chi connectivity index (χ0) is 11.7. The lowest BCUT2D eigenvalue weighted by atomic mass is 10.1. The zero-order valence-electron chi connectivity index (χ0n) is 10.3. The smallest absolute Gasteiger partial charge is 0.126 e. The molecule has 0 unspecified atom stereocenters. The van der Waals surface area contributed by atoms with Crippen LogP contribution in [0.15, 0.2) is 47.8 Å². The summed E-state index contributed by atoms with van der Waals surface area (Å²) in [5.74, 6) is 0.885. The number of ether oxygens (including phenoxy) is 1. The number of hydrogen-bond donors (Lipinski definition) is 0. The van der Waals surface area contributed by atoms with Crippen LogP contribution in [0, 0.1) is 0 Å². The van der Waals surface area contributed by atoms with Gasteiger partial charge < -0.3 is 4.74 Å². The Morgan fingerprint density at radius 2 is 2.13 bits per heavy atom. The predicted molar refractivity (Wildman–Crippen MR) is 67.7 cm³/mol. The van der Waals surface area contributed by atoms with E-state index in [1.54, 1.807) is 6.08 Å². The van der Waals surface area contributed by atoms with E-state index >= 15 is 0 Å². The molecule has 0 bridgehead atoms. The number of rotatable bonds is 3. The molecule has 1 aliphatic rings. The molecule has 0 aromatic heterocycles. The highest BCUT2D eigenvalue weighted by Crippen LogP contribution is 2.21. The van der Waals surface area contributed by atoms with E-state index in [0.717, 1.165) is 17.8 Å². The quantitative estimate of drug-likeness (QED) is 0.665. The van der Waals surface area contributed by atoms with Crippen LogP contribution in [0.2, 0.25) is 0 Å². The van der Waals surface area contributed by atoms with Gasteiger partial charge in [0.05, 0.1) is 0 Å².